The van der Waals surface area contributed by atoms with E-state index in [0.717, 1.165) is 6.42 Å². The summed E-state index contributed by atoms with van der Waals surface area (Å²) in [4.78, 5) is 0.458. The second kappa shape index (κ2) is 2.94. The molecule has 1 unspecified atom stereocenters. The van der Waals surface area contributed by atoms with Crippen molar-refractivity contribution >= 4 is 17.2 Å². The highest BCUT2D eigenvalue weighted by Gasteiger charge is 2.11. The summed E-state index contributed by atoms with van der Waals surface area (Å²) in [6.07, 6.45) is 4.81. The van der Waals surface area contributed by atoms with Crippen molar-refractivity contribution in [1.82, 2.24) is 0 Å². The van der Waals surface area contributed by atoms with E-state index in [2.05, 4.69) is 0 Å². The lowest BCUT2D eigenvalue weighted by molar-refractivity contribution is 0.117. The molecule has 9 heavy (non-hydrogen) atoms. The van der Waals surface area contributed by atoms with Crippen LogP contribution in [-0.2, 0) is 4.74 Å². The average molecular weight is 143 g/mol. The van der Waals surface area contributed by atoms with Gasteiger partial charge in [0.05, 0.1) is 6.61 Å². The van der Waals surface area contributed by atoms with Crippen molar-refractivity contribution in [3.63, 3.8) is 0 Å². The van der Waals surface area contributed by atoms with Crippen LogP contribution in [0.25, 0.3) is 0 Å². The first kappa shape index (κ1) is 6.71. The third-order valence-electron chi connectivity index (χ3n) is 1.23. The van der Waals surface area contributed by atoms with Gasteiger partial charge in [0.2, 0.25) is 0 Å². The van der Waals surface area contributed by atoms with Gasteiger partial charge >= 0.3 is 0 Å². The number of hydrogen-bond donors (Lipinski definition) is 1. The first-order chi connectivity index (χ1) is 4.30. The van der Waals surface area contributed by atoms with E-state index in [-0.39, 0.29) is 6.10 Å². The molecule has 0 aromatic rings. The van der Waals surface area contributed by atoms with Gasteiger partial charge in [-0.2, -0.15) is 0 Å². The lowest BCUT2D eigenvalue weighted by atomic mass is 10.2. The fourth-order valence-electron chi connectivity index (χ4n) is 0.726. The van der Waals surface area contributed by atoms with Crippen LogP contribution < -0.4 is 5.73 Å². The zero-order valence-corrected chi connectivity index (χ0v) is 5.86. The molecule has 2 N–H and O–H groups in total. The molecule has 0 aromatic heterocycles. The molecule has 1 aliphatic rings. The van der Waals surface area contributed by atoms with Crippen LogP contribution in [0.1, 0.15) is 6.42 Å². The predicted molar refractivity (Wildman–Crippen MR) is 40.3 cm³/mol. The molecule has 50 valence electrons. The maximum absolute atomic E-state index is 5.34. The Labute approximate surface area is 59.7 Å². The molecule has 1 atom stereocenters. The Morgan fingerprint density at radius 3 is 2.78 bits per heavy atom. The molecule has 0 radical (unpaired) electrons. The molecule has 1 aliphatic heterocycles. The largest absolute Gasteiger partial charge is 0.391 e. The average Bonchev–Trinajstić information content (AvgIpc) is 1.90. The highest BCUT2D eigenvalue weighted by Crippen LogP contribution is 2.05. The van der Waals surface area contributed by atoms with E-state index in [4.69, 9.17) is 22.7 Å². The first-order valence-electron chi connectivity index (χ1n) is 2.86. The molecule has 0 aromatic carbocycles. The molecule has 0 saturated heterocycles. The fourth-order valence-corrected chi connectivity index (χ4v) is 0.890. The van der Waals surface area contributed by atoms with Crippen molar-refractivity contribution in [2.75, 3.05) is 6.61 Å². The van der Waals surface area contributed by atoms with Crippen molar-refractivity contribution in [3.8, 4) is 0 Å². The molecule has 0 aliphatic carbocycles. The number of hydrogen-bond acceptors (Lipinski definition) is 2. The van der Waals surface area contributed by atoms with Gasteiger partial charge in [-0.05, 0) is 6.42 Å². The molecule has 1 rings (SSSR count). The second-order valence-electron chi connectivity index (χ2n) is 1.93. The van der Waals surface area contributed by atoms with Crippen LogP contribution in [-0.4, -0.2) is 17.7 Å². The third-order valence-corrected chi connectivity index (χ3v) is 1.49. The van der Waals surface area contributed by atoms with Gasteiger partial charge in [-0.1, -0.05) is 24.4 Å². The first-order valence-corrected chi connectivity index (χ1v) is 3.27. The Bertz CT molecular complexity index is 144. The lowest BCUT2D eigenvalue weighted by Crippen LogP contribution is -2.30. The van der Waals surface area contributed by atoms with Crippen LogP contribution in [0.3, 0.4) is 0 Å². The highest BCUT2D eigenvalue weighted by molar-refractivity contribution is 7.80. The Balaban J connectivity index is 2.44. The third kappa shape index (κ3) is 1.77. The van der Waals surface area contributed by atoms with E-state index in [1.165, 1.54) is 0 Å². The molecule has 1 heterocycles. The number of ether oxygens (including phenoxy) is 1. The minimum atomic E-state index is -0.0231. The smallest absolute Gasteiger partial charge is 0.111 e. The predicted octanol–water partition coefficient (Wildman–Crippen LogP) is 0.618. The van der Waals surface area contributed by atoms with Crippen LogP contribution in [0.5, 0.6) is 0 Å². The Hall–Kier alpha value is -0.410. The maximum atomic E-state index is 5.34. The molecular formula is C6H9NOS. The molecule has 2 nitrogen and oxygen atoms in total. The molecule has 0 bridgehead atoms. The fraction of sp³-hybridized carbons (Fsp3) is 0.500. The van der Waals surface area contributed by atoms with Gasteiger partial charge in [-0.25, -0.2) is 0 Å². The van der Waals surface area contributed by atoms with E-state index in [0.29, 0.717) is 11.6 Å². The van der Waals surface area contributed by atoms with Gasteiger partial charge in [0.15, 0.2) is 0 Å². The van der Waals surface area contributed by atoms with Crippen LogP contribution in [0.15, 0.2) is 12.2 Å². The van der Waals surface area contributed by atoms with E-state index < -0.39 is 0 Å². The zero-order chi connectivity index (χ0) is 6.69. The van der Waals surface area contributed by atoms with E-state index in [9.17, 15) is 0 Å². The van der Waals surface area contributed by atoms with E-state index in [1.54, 1.807) is 0 Å². The molecule has 0 saturated carbocycles. The standard InChI is InChI=1S/C6H9NOS/c7-6(9)5-3-1-2-4-8-5/h1-2,5H,3-4H2,(H2,7,9). The number of nitrogens with two attached hydrogens (primary N) is 1. The summed E-state index contributed by atoms with van der Waals surface area (Å²) < 4.78 is 5.19. The minimum absolute atomic E-state index is 0.0231. The Morgan fingerprint density at radius 1 is 1.67 bits per heavy atom. The molecule has 0 amide bonds. The van der Waals surface area contributed by atoms with Crippen LogP contribution in [0, 0.1) is 0 Å². The topological polar surface area (TPSA) is 35.2 Å². The SMILES string of the molecule is NC(=S)C1CC=CCO1. The second-order valence-corrected chi connectivity index (χ2v) is 2.40. The Kier molecular flexibility index (Phi) is 2.19. The zero-order valence-electron chi connectivity index (χ0n) is 5.04. The summed E-state index contributed by atoms with van der Waals surface area (Å²) in [5.41, 5.74) is 5.34. The highest BCUT2D eigenvalue weighted by atomic mass is 32.1. The van der Waals surface area contributed by atoms with Crippen LogP contribution in [0.4, 0.5) is 0 Å². The maximum Gasteiger partial charge on any atom is 0.111 e. The van der Waals surface area contributed by atoms with Crippen molar-refractivity contribution in [3.05, 3.63) is 12.2 Å². The molecule has 0 fully saturated rings. The quantitative estimate of drug-likeness (QED) is 0.431. The van der Waals surface area contributed by atoms with Gasteiger partial charge < -0.3 is 10.5 Å². The number of rotatable bonds is 1. The summed E-state index contributed by atoms with van der Waals surface area (Å²) >= 11 is 4.73. The van der Waals surface area contributed by atoms with Gasteiger partial charge in [0, 0.05) is 0 Å². The van der Waals surface area contributed by atoms with E-state index >= 15 is 0 Å². The summed E-state index contributed by atoms with van der Waals surface area (Å²) in [7, 11) is 0. The van der Waals surface area contributed by atoms with Gasteiger partial charge in [0.25, 0.3) is 0 Å². The van der Waals surface area contributed by atoms with Crippen LogP contribution in [0.2, 0.25) is 0 Å². The molecular weight excluding hydrogens is 134 g/mol. The molecule has 3 heteroatoms. The summed E-state index contributed by atoms with van der Waals surface area (Å²) in [6, 6.07) is 0. The van der Waals surface area contributed by atoms with Gasteiger partial charge in [-0.15, -0.1) is 0 Å². The minimum Gasteiger partial charge on any atom is -0.391 e. The van der Waals surface area contributed by atoms with Crippen molar-refractivity contribution < 1.29 is 4.74 Å². The van der Waals surface area contributed by atoms with Crippen molar-refractivity contribution in [1.29, 1.82) is 0 Å². The van der Waals surface area contributed by atoms with Gasteiger partial charge in [-0.3, -0.25) is 0 Å². The summed E-state index contributed by atoms with van der Waals surface area (Å²) in [5, 5.41) is 0. The van der Waals surface area contributed by atoms with Crippen molar-refractivity contribution in [2.45, 2.75) is 12.5 Å². The normalized spacial score (nSPS) is 26.0. The Morgan fingerprint density at radius 2 is 2.44 bits per heavy atom. The summed E-state index contributed by atoms with van der Waals surface area (Å²) in [5.74, 6) is 0. The van der Waals surface area contributed by atoms with Gasteiger partial charge in [0.1, 0.15) is 11.1 Å². The monoisotopic (exact) mass is 143 g/mol. The van der Waals surface area contributed by atoms with E-state index in [1.807, 2.05) is 12.2 Å². The lowest BCUT2D eigenvalue weighted by Gasteiger charge is -2.16. The molecule has 0 spiro atoms. The summed E-state index contributed by atoms with van der Waals surface area (Å²) in [6.45, 7) is 0.641. The van der Waals surface area contributed by atoms with Crippen LogP contribution >= 0.6 is 12.2 Å². The number of thiocarbonyl (C=S) groups is 1. The van der Waals surface area contributed by atoms with Crippen molar-refractivity contribution in [2.24, 2.45) is 5.73 Å².